The van der Waals surface area contributed by atoms with Crippen LogP contribution in [0.25, 0.3) is 0 Å². The minimum atomic E-state index is -0.211. The molecule has 2 atom stereocenters. The van der Waals surface area contributed by atoms with Crippen molar-refractivity contribution in [3.63, 3.8) is 0 Å². The van der Waals surface area contributed by atoms with Crippen LogP contribution in [-0.2, 0) is 0 Å². The van der Waals surface area contributed by atoms with Gasteiger partial charge in [0, 0.05) is 6.04 Å². The molecule has 19 heavy (non-hydrogen) atoms. The first kappa shape index (κ1) is 13.9. The molecule has 0 saturated heterocycles. The highest BCUT2D eigenvalue weighted by atomic mass is 16.5. The van der Waals surface area contributed by atoms with E-state index in [0.717, 1.165) is 12.2 Å². The summed E-state index contributed by atoms with van der Waals surface area (Å²) >= 11 is 0. The Morgan fingerprint density at radius 2 is 2.16 bits per heavy atom. The topological polar surface area (TPSA) is 45.0 Å². The Labute approximate surface area is 115 Å². The predicted octanol–water partition coefficient (Wildman–Crippen LogP) is 3.22. The molecule has 1 aliphatic rings. The van der Waals surface area contributed by atoms with Gasteiger partial charge in [-0.1, -0.05) is 32.0 Å². The van der Waals surface area contributed by atoms with Gasteiger partial charge in [-0.2, -0.15) is 5.26 Å². The van der Waals surface area contributed by atoms with Crippen molar-refractivity contribution in [2.24, 2.45) is 0 Å². The zero-order valence-electron chi connectivity index (χ0n) is 11.7. The van der Waals surface area contributed by atoms with Gasteiger partial charge in [0.1, 0.15) is 18.4 Å². The van der Waals surface area contributed by atoms with Gasteiger partial charge < -0.3 is 4.74 Å². The Morgan fingerprint density at radius 3 is 2.79 bits per heavy atom. The Balaban J connectivity index is 1.96. The van der Waals surface area contributed by atoms with Gasteiger partial charge in [-0.25, -0.2) is 0 Å². The largest absolute Gasteiger partial charge is 0.491 e. The summed E-state index contributed by atoms with van der Waals surface area (Å²) in [6.45, 7) is 4.79. The number of nitriles is 1. The number of nitrogens with one attached hydrogen (secondary N) is 1. The summed E-state index contributed by atoms with van der Waals surface area (Å²) in [7, 11) is 0. The molecule has 0 bridgehead atoms. The highest BCUT2D eigenvalue weighted by molar-refractivity contribution is 5.36. The predicted molar refractivity (Wildman–Crippen MR) is 76.2 cm³/mol. The molecular weight excluding hydrogens is 236 g/mol. The second-order valence-corrected chi connectivity index (χ2v) is 5.28. The molecule has 3 heteroatoms. The molecule has 0 spiro atoms. The molecule has 1 fully saturated rings. The van der Waals surface area contributed by atoms with E-state index < -0.39 is 0 Å². The van der Waals surface area contributed by atoms with Gasteiger partial charge in [0.25, 0.3) is 0 Å². The van der Waals surface area contributed by atoms with Crippen LogP contribution in [0.4, 0.5) is 0 Å². The number of para-hydroxylation sites is 1. The van der Waals surface area contributed by atoms with Crippen molar-refractivity contribution in [1.29, 1.82) is 5.26 Å². The van der Waals surface area contributed by atoms with Crippen LogP contribution in [0, 0.1) is 11.3 Å². The Hall–Kier alpha value is -1.53. The number of hydrogen-bond donors (Lipinski definition) is 1. The van der Waals surface area contributed by atoms with Crippen LogP contribution in [0.2, 0.25) is 0 Å². The van der Waals surface area contributed by atoms with Crippen LogP contribution in [0.3, 0.4) is 0 Å². The summed E-state index contributed by atoms with van der Waals surface area (Å²) in [6, 6.07) is 10.7. The first-order chi connectivity index (χ1) is 9.24. The van der Waals surface area contributed by atoms with Crippen molar-refractivity contribution >= 4 is 0 Å². The molecule has 3 nitrogen and oxygen atoms in total. The van der Waals surface area contributed by atoms with Crippen LogP contribution < -0.4 is 10.1 Å². The van der Waals surface area contributed by atoms with E-state index >= 15 is 0 Å². The smallest absolute Gasteiger partial charge is 0.130 e. The SMILES string of the molecule is CCC(C)c1ccccc1OCC(C#N)NC1CC1. The van der Waals surface area contributed by atoms with Crippen LogP contribution in [0.15, 0.2) is 24.3 Å². The second-order valence-electron chi connectivity index (χ2n) is 5.28. The van der Waals surface area contributed by atoms with E-state index in [-0.39, 0.29) is 6.04 Å². The van der Waals surface area contributed by atoms with Crippen molar-refractivity contribution < 1.29 is 4.74 Å². The van der Waals surface area contributed by atoms with Crippen molar-refractivity contribution in [3.05, 3.63) is 29.8 Å². The maximum absolute atomic E-state index is 9.11. The molecule has 1 saturated carbocycles. The average molecular weight is 258 g/mol. The molecule has 2 unspecified atom stereocenters. The lowest BCUT2D eigenvalue weighted by atomic mass is 9.98. The monoisotopic (exact) mass is 258 g/mol. The van der Waals surface area contributed by atoms with E-state index in [1.807, 2.05) is 18.2 Å². The average Bonchev–Trinajstić information content (AvgIpc) is 3.26. The lowest BCUT2D eigenvalue weighted by Gasteiger charge is -2.17. The molecule has 0 aliphatic heterocycles. The lowest BCUT2D eigenvalue weighted by molar-refractivity contribution is 0.284. The molecule has 2 rings (SSSR count). The standard InChI is InChI=1S/C16H22N2O/c1-3-12(2)15-6-4-5-7-16(15)19-11-14(10-17)18-13-8-9-13/h4-7,12-14,18H,3,8-9,11H2,1-2H3. The van der Waals surface area contributed by atoms with E-state index in [9.17, 15) is 0 Å². The number of rotatable bonds is 7. The van der Waals surface area contributed by atoms with Crippen molar-refractivity contribution in [1.82, 2.24) is 5.32 Å². The minimum Gasteiger partial charge on any atom is -0.491 e. The fraction of sp³-hybridized carbons (Fsp3) is 0.562. The molecule has 1 aromatic rings. The summed E-state index contributed by atoms with van der Waals surface area (Å²) in [6.07, 6.45) is 3.45. The molecule has 1 N–H and O–H groups in total. The third kappa shape index (κ3) is 3.97. The molecule has 0 heterocycles. The van der Waals surface area contributed by atoms with Gasteiger partial charge in [-0.15, -0.1) is 0 Å². The highest BCUT2D eigenvalue weighted by Crippen LogP contribution is 2.28. The number of nitrogens with zero attached hydrogens (tertiary/aromatic N) is 1. The quantitative estimate of drug-likeness (QED) is 0.816. The first-order valence-corrected chi connectivity index (χ1v) is 7.12. The fourth-order valence-electron chi connectivity index (χ4n) is 2.07. The van der Waals surface area contributed by atoms with E-state index in [1.165, 1.54) is 18.4 Å². The summed E-state index contributed by atoms with van der Waals surface area (Å²) in [5.41, 5.74) is 1.23. The maximum Gasteiger partial charge on any atom is 0.130 e. The summed E-state index contributed by atoms with van der Waals surface area (Å²) in [5.74, 6) is 1.39. The van der Waals surface area contributed by atoms with Crippen molar-refractivity contribution in [2.45, 2.75) is 51.1 Å². The molecule has 102 valence electrons. The minimum absolute atomic E-state index is 0.211. The summed E-state index contributed by atoms with van der Waals surface area (Å²) in [5, 5.41) is 12.4. The van der Waals surface area contributed by atoms with Gasteiger partial charge in [-0.05, 0) is 36.8 Å². The zero-order chi connectivity index (χ0) is 13.7. The van der Waals surface area contributed by atoms with E-state index in [1.54, 1.807) is 0 Å². The third-order valence-electron chi connectivity index (χ3n) is 3.64. The summed E-state index contributed by atoms with van der Waals surface area (Å²) < 4.78 is 5.86. The Morgan fingerprint density at radius 1 is 1.42 bits per heavy atom. The van der Waals surface area contributed by atoms with Gasteiger partial charge in [-0.3, -0.25) is 5.32 Å². The van der Waals surface area contributed by atoms with Crippen molar-refractivity contribution in [2.75, 3.05) is 6.61 Å². The van der Waals surface area contributed by atoms with Crippen molar-refractivity contribution in [3.8, 4) is 11.8 Å². The lowest BCUT2D eigenvalue weighted by Crippen LogP contribution is -2.34. The number of benzene rings is 1. The van der Waals surface area contributed by atoms with Gasteiger partial charge in [0.15, 0.2) is 0 Å². The van der Waals surface area contributed by atoms with Gasteiger partial charge >= 0.3 is 0 Å². The van der Waals surface area contributed by atoms with E-state index in [0.29, 0.717) is 18.6 Å². The van der Waals surface area contributed by atoms with Crippen LogP contribution in [0.5, 0.6) is 5.75 Å². The van der Waals surface area contributed by atoms with Gasteiger partial charge in [0.05, 0.1) is 6.07 Å². The molecule has 0 aromatic heterocycles. The molecule has 1 aliphatic carbocycles. The van der Waals surface area contributed by atoms with Gasteiger partial charge in [0.2, 0.25) is 0 Å². The molecule has 1 aromatic carbocycles. The first-order valence-electron chi connectivity index (χ1n) is 7.12. The Kier molecular flexibility index (Phi) is 4.81. The van der Waals surface area contributed by atoms with E-state index in [4.69, 9.17) is 10.00 Å². The van der Waals surface area contributed by atoms with Crippen LogP contribution >= 0.6 is 0 Å². The number of hydrogen-bond acceptors (Lipinski definition) is 3. The summed E-state index contributed by atoms with van der Waals surface area (Å²) in [4.78, 5) is 0. The number of ether oxygens (including phenoxy) is 1. The normalized spacial score (nSPS) is 17.5. The third-order valence-corrected chi connectivity index (χ3v) is 3.64. The van der Waals surface area contributed by atoms with E-state index in [2.05, 4.69) is 31.3 Å². The maximum atomic E-state index is 9.11. The second kappa shape index (κ2) is 6.58. The fourth-order valence-corrected chi connectivity index (χ4v) is 2.07. The molecule has 0 radical (unpaired) electrons. The van der Waals surface area contributed by atoms with Crippen LogP contribution in [0.1, 0.15) is 44.6 Å². The van der Waals surface area contributed by atoms with Crippen LogP contribution in [-0.4, -0.2) is 18.7 Å². The molecule has 0 amide bonds. The zero-order valence-corrected chi connectivity index (χ0v) is 11.7. The molecular formula is C16H22N2O. The Bertz CT molecular complexity index is 448. The highest BCUT2D eigenvalue weighted by Gasteiger charge is 2.24.